The maximum absolute atomic E-state index is 11.4. The molecule has 0 N–H and O–H groups in total. The fourth-order valence-electron chi connectivity index (χ4n) is 2.71. The molecule has 0 heterocycles. The van der Waals surface area contributed by atoms with Crippen LogP contribution in [0.3, 0.4) is 0 Å². The van der Waals surface area contributed by atoms with Crippen molar-refractivity contribution in [1.82, 2.24) is 0 Å². The maximum atomic E-state index is 11.4. The fourth-order valence-corrected chi connectivity index (χ4v) is 2.71. The highest BCUT2D eigenvalue weighted by Gasteiger charge is 2.20. The van der Waals surface area contributed by atoms with Crippen LogP contribution in [0.15, 0.2) is 0 Å². The van der Waals surface area contributed by atoms with Gasteiger partial charge in [0, 0.05) is 12.3 Å². The van der Waals surface area contributed by atoms with Crippen molar-refractivity contribution >= 4 is 11.6 Å². The van der Waals surface area contributed by atoms with Gasteiger partial charge in [-0.25, -0.2) is 0 Å². The lowest BCUT2D eigenvalue weighted by atomic mass is 9.82. The fraction of sp³-hybridized carbons (Fsp3) is 0.857. The number of rotatable bonds is 6. The number of carbonyl (C=O) groups excluding carboxylic acids is 2. The number of Topliss-reactive ketones (excluding diaryl/α,β-unsaturated/α-hetero) is 2. The number of hydrogen-bond donors (Lipinski definition) is 0. The van der Waals surface area contributed by atoms with Gasteiger partial charge < -0.3 is 4.79 Å². The van der Waals surface area contributed by atoms with E-state index in [0.717, 1.165) is 18.8 Å². The summed E-state index contributed by atoms with van der Waals surface area (Å²) in [6, 6.07) is 0. The SMILES string of the molecule is CC(=O)CC(CCC1CCCCC1)C(C)=O. The summed E-state index contributed by atoms with van der Waals surface area (Å²) in [5.41, 5.74) is 0. The Morgan fingerprint density at radius 3 is 2.25 bits per heavy atom. The monoisotopic (exact) mass is 224 g/mol. The van der Waals surface area contributed by atoms with Gasteiger partial charge in [0.1, 0.15) is 11.6 Å². The first-order valence-corrected chi connectivity index (χ1v) is 6.59. The molecule has 0 bridgehead atoms. The molecule has 0 aromatic carbocycles. The molecule has 1 fully saturated rings. The molecule has 1 unspecified atom stereocenters. The molecule has 0 spiro atoms. The Balaban J connectivity index is 2.30. The van der Waals surface area contributed by atoms with Crippen LogP contribution in [0.5, 0.6) is 0 Å². The van der Waals surface area contributed by atoms with Crippen molar-refractivity contribution in [2.75, 3.05) is 0 Å². The molecule has 1 rings (SSSR count). The second kappa shape index (κ2) is 6.82. The zero-order valence-corrected chi connectivity index (χ0v) is 10.6. The van der Waals surface area contributed by atoms with E-state index in [-0.39, 0.29) is 17.5 Å². The predicted octanol–water partition coefficient (Wildman–Crippen LogP) is 3.53. The Morgan fingerprint density at radius 1 is 1.12 bits per heavy atom. The van der Waals surface area contributed by atoms with Crippen molar-refractivity contribution in [2.45, 2.75) is 65.2 Å². The summed E-state index contributed by atoms with van der Waals surface area (Å²) in [7, 11) is 0. The standard InChI is InChI=1S/C14H24O2/c1-11(15)10-14(12(2)16)9-8-13-6-4-3-5-7-13/h13-14H,3-10H2,1-2H3. The van der Waals surface area contributed by atoms with Gasteiger partial charge in [0.15, 0.2) is 0 Å². The molecule has 2 nitrogen and oxygen atoms in total. The highest BCUT2D eigenvalue weighted by atomic mass is 16.1. The summed E-state index contributed by atoms with van der Waals surface area (Å²) in [6.07, 6.45) is 9.22. The van der Waals surface area contributed by atoms with Crippen LogP contribution in [0, 0.1) is 11.8 Å². The van der Waals surface area contributed by atoms with Gasteiger partial charge in [0.25, 0.3) is 0 Å². The first-order valence-electron chi connectivity index (χ1n) is 6.59. The molecule has 1 saturated carbocycles. The average molecular weight is 224 g/mol. The summed E-state index contributed by atoms with van der Waals surface area (Å²) in [4.78, 5) is 22.5. The van der Waals surface area contributed by atoms with Crippen molar-refractivity contribution in [3.8, 4) is 0 Å². The third kappa shape index (κ3) is 4.91. The molecular formula is C14H24O2. The maximum Gasteiger partial charge on any atom is 0.133 e. The van der Waals surface area contributed by atoms with E-state index in [1.165, 1.54) is 32.1 Å². The van der Waals surface area contributed by atoms with E-state index in [1.807, 2.05) is 0 Å². The summed E-state index contributed by atoms with van der Waals surface area (Å²) < 4.78 is 0. The molecule has 0 amide bonds. The molecule has 1 aliphatic rings. The molecule has 0 aliphatic heterocycles. The Morgan fingerprint density at radius 2 is 1.75 bits per heavy atom. The second-order valence-electron chi connectivity index (χ2n) is 5.30. The zero-order chi connectivity index (χ0) is 12.0. The molecule has 16 heavy (non-hydrogen) atoms. The number of ketones is 2. The van der Waals surface area contributed by atoms with Gasteiger partial charge in [-0.05, 0) is 32.6 Å². The van der Waals surface area contributed by atoms with E-state index in [0.29, 0.717) is 6.42 Å². The number of hydrogen-bond acceptors (Lipinski definition) is 2. The van der Waals surface area contributed by atoms with Crippen molar-refractivity contribution in [1.29, 1.82) is 0 Å². The highest BCUT2D eigenvalue weighted by Crippen LogP contribution is 2.29. The van der Waals surface area contributed by atoms with Crippen molar-refractivity contribution in [3.63, 3.8) is 0 Å². The third-order valence-corrected chi connectivity index (χ3v) is 3.76. The molecule has 0 aromatic rings. The molecular weight excluding hydrogens is 200 g/mol. The van der Waals surface area contributed by atoms with E-state index in [4.69, 9.17) is 0 Å². The molecule has 1 atom stereocenters. The van der Waals surface area contributed by atoms with Crippen LogP contribution in [0.1, 0.15) is 65.2 Å². The van der Waals surface area contributed by atoms with Crippen LogP contribution in [0.4, 0.5) is 0 Å². The second-order valence-corrected chi connectivity index (χ2v) is 5.30. The van der Waals surface area contributed by atoms with Crippen LogP contribution < -0.4 is 0 Å². The van der Waals surface area contributed by atoms with Crippen molar-refractivity contribution < 1.29 is 9.59 Å². The van der Waals surface area contributed by atoms with Crippen LogP contribution in [-0.4, -0.2) is 11.6 Å². The van der Waals surface area contributed by atoms with E-state index in [9.17, 15) is 9.59 Å². The van der Waals surface area contributed by atoms with E-state index in [1.54, 1.807) is 13.8 Å². The lowest BCUT2D eigenvalue weighted by Crippen LogP contribution is -2.17. The minimum absolute atomic E-state index is 0.0144. The van der Waals surface area contributed by atoms with E-state index < -0.39 is 0 Å². The Bertz CT molecular complexity index is 239. The average Bonchev–Trinajstić information content (AvgIpc) is 2.25. The van der Waals surface area contributed by atoms with Crippen LogP contribution in [0.2, 0.25) is 0 Å². The zero-order valence-electron chi connectivity index (χ0n) is 10.6. The first-order chi connectivity index (χ1) is 7.59. The van der Waals surface area contributed by atoms with Gasteiger partial charge >= 0.3 is 0 Å². The normalized spacial score (nSPS) is 19.4. The summed E-state index contributed by atoms with van der Waals surface area (Å²) in [5.74, 6) is 1.12. The Labute approximate surface area is 98.8 Å². The quantitative estimate of drug-likeness (QED) is 0.691. The Kier molecular flexibility index (Phi) is 5.72. The largest absolute Gasteiger partial charge is 0.300 e. The van der Waals surface area contributed by atoms with Gasteiger partial charge in [-0.1, -0.05) is 32.1 Å². The summed E-state index contributed by atoms with van der Waals surface area (Å²) in [5, 5.41) is 0. The smallest absolute Gasteiger partial charge is 0.133 e. The van der Waals surface area contributed by atoms with Gasteiger partial charge in [-0.2, -0.15) is 0 Å². The predicted molar refractivity (Wildman–Crippen MR) is 65.3 cm³/mol. The van der Waals surface area contributed by atoms with Crippen LogP contribution in [0.25, 0.3) is 0 Å². The number of carbonyl (C=O) groups is 2. The van der Waals surface area contributed by atoms with Crippen molar-refractivity contribution in [3.05, 3.63) is 0 Å². The topological polar surface area (TPSA) is 34.1 Å². The molecule has 0 saturated heterocycles. The minimum atomic E-state index is -0.0144. The molecule has 1 aliphatic carbocycles. The lowest BCUT2D eigenvalue weighted by molar-refractivity contribution is -0.126. The van der Waals surface area contributed by atoms with Gasteiger partial charge in [0.2, 0.25) is 0 Å². The molecule has 0 aromatic heterocycles. The summed E-state index contributed by atoms with van der Waals surface area (Å²) in [6.45, 7) is 3.20. The highest BCUT2D eigenvalue weighted by molar-refractivity contribution is 5.85. The molecule has 2 heteroatoms. The van der Waals surface area contributed by atoms with Crippen LogP contribution >= 0.6 is 0 Å². The van der Waals surface area contributed by atoms with E-state index >= 15 is 0 Å². The molecule has 92 valence electrons. The third-order valence-electron chi connectivity index (χ3n) is 3.76. The summed E-state index contributed by atoms with van der Waals surface area (Å²) >= 11 is 0. The van der Waals surface area contributed by atoms with E-state index in [2.05, 4.69) is 0 Å². The lowest BCUT2D eigenvalue weighted by Gasteiger charge is -2.23. The van der Waals surface area contributed by atoms with Gasteiger partial charge in [0.05, 0.1) is 0 Å². The van der Waals surface area contributed by atoms with Crippen molar-refractivity contribution in [2.24, 2.45) is 11.8 Å². The van der Waals surface area contributed by atoms with Crippen LogP contribution in [-0.2, 0) is 9.59 Å². The van der Waals surface area contributed by atoms with Gasteiger partial charge in [-0.3, -0.25) is 4.79 Å². The van der Waals surface area contributed by atoms with Gasteiger partial charge in [-0.15, -0.1) is 0 Å². The first kappa shape index (κ1) is 13.4. The molecule has 0 radical (unpaired) electrons. The Hall–Kier alpha value is -0.660. The minimum Gasteiger partial charge on any atom is -0.300 e.